The molecule has 1 aromatic carbocycles. The van der Waals surface area contributed by atoms with Gasteiger partial charge in [0.25, 0.3) is 0 Å². The molecule has 0 aliphatic heterocycles. The summed E-state index contributed by atoms with van der Waals surface area (Å²) in [6.45, 7) is 2.29. The zero-order chi connectivity index (χ0) is 13.1. The van der Waals surface area contributed by atoms with Crippen LogP contribution in [0.4, 0.5) is 0 Å². The van der Waals surface area contributed by atoms with Crippen LogP contribution in [0.3, 0.4) is 0 Å². The molecule has 0 aliphatic rings. The van der Waals surface area contributed by atoms with Gasteiger partial charge >= 0.3 is 0 Å². The third-order valence-electron chi connectivity index (χ3n) is 2.80. The van der Waals surface area contributed by atoms with Crippen molar-refractivity contribution in [2.45, 2.75) is 13.5 Å². The molecule has 0 N–H and O–H groups in total. The number of Topliss-reactive ketones (excluding diaryl/α,β-unsaturated/α-hetero) is 1. The molecule has 4 heteroatoms. The second-order valence-electron chi connectivity index (χ2n) is 4.05. The molecule has 0 atom stereocenters. The predicted molar refractivity (Wildman–Crippen MR) is 64.1 cm³/mol. The molecule has 92 valence electrons. The van der Waals surface area contributed by atoms with E-state index in [9.17, 15) is 14.7 Å². The van der Waals surface area contributed by atoms with E-state index in [1.807, 2.05) is 37.3 Å². The lowest BCUT2D eigenvalue weighted by atomic mass is 10.2. The number of carbonyl (C=O) groups excluding carboxylic acids is 2. The van der Waals surface area contributed by atoms with Gasteiger partial charge in [0.1, 0.15) is 5.97 Å². The zero-order valence-electron chi connectivity index (χ0n) is 9.92. The van der Waals surface area contributed by atoms with Gasteiger partial charge in [-0.15, -0.1) is 0 Å². The number of hydrogen-bond donors (Lipinski definition) is 0. The first kappa shape index (κ1) is 12.1. The second-order valence-corrected chi connectivity index (χ2v) is 4.05. The van der Waals surface area contributed by atoms with Crippen LogP contribution in [0.1, 0.15) is 21.7 Å². The fourth-order valence-corrected chi connectivity index (χ4v) is 1.85. The predicted octanol–water partition coefficient (Wildman–Crippen LogP) is 0.777. The van der Waals surface area contributed by atoms with E-state index in [4.69, 9.17) is 0 Å². The highest BCUT2D eigenvalue weighted by Gasteiger charge is 2.14. The number of aryl methyl sites for hydroxylation is 1. The van der Waals surface area contributed by atoms with Crippen LogP contribution < -0.4 is 5.11 Å². The molecule has 0 saturated carbocycles. The van der Waals surface area contributed by atoms with Crippen molar-refractivity contribution >= 4 is 11.8 Å². The van der Waals surface area contributed by atoms with Crippen LogP contribution in [0.5, 0.6) is 0 Å². The molecular weight excluding hydrogens is 230 g/mol. The first-order chi connectivity index (χ1) is 8.59. The summed E-state index contributed by atoms with van der Waals surface area (Å²) in [5.74, 6) is -2.67. The van der Waals surface area contributed by atoms with E-state index in [1.54, 1.807) is 10.6 Å². The topological polar surface area (TPSA) is 62.1 Å². The highest BCUT2D eigenvalue weighted by atomic mass is 16.4. The highest BCUT2D eigenvalue weighted by Crippen LogP contribution is 2.12. The van der Waals surface area contributed by atoms with E-state index in [1.165, 1.54) is 6.07 Å². The third-order valence-corrected chi connectivity index (χ3v) is 2.80. The summed E-state index contributed by atoms with van der Waals surface area (Å²) >= 11 is 0. The maximum Gasteiger partial charge on any atom is 0.224 e. The molecule has 0 amide bonds. The van der Waals surface area contributed by atoms with E-state index in [0.717, 1.165) is 11.3 Å². The summed E-state index contributed by atoms with van der Waals surface area (Å²) in [6, 6.07) is 12.8. The van der Waals surface area contributed by atoms with Crippen LogP contribution in [-0.4, -0.2) is 16.3 Å². The Morgan fingerprint density at radius 3 is 2.39 bits per heavy atom. The average molecular weight is 242 g/mol. The van der Waals surface area contributed by atoms with Crippen LogP contribution in [0, 0.1) is 6.92 Å². The van der Waals surface area contributed by atoms with Crippen LogP contribution in [0.25, 0.3) is 0 Å². The van der Waals surface area contributed by atoms with Crippen molar-refractivity contribution in [3.63, 3.8) is 0 Å². The first-order valence-corrected chi connectivity index (χ1v) is 5.55. The van der Waals surface area contributed by atoms with Crippen molar-refractivity contribution in [3.8, 4) is 0 Å². The van der Waals surface area contributed by atoms with E-state index in [0.29, 0.717) is 6.54 Å². The third kappa shape index (κ3) is 2.32. The summed E-state index contributed by atoms with van der Waals surface area (Å²) in [4.78, 5) is 22.1. The molecule has 0 saturated heterocycles. The molecule has 0 aliphatic carbocycles. The zero-order valence-corrected chi connectivity index (χ0v) is 9.92. The van der Waals surface area contributed by atoms with Crippen LogP contribution in [0.2, 0.25) is 0 Å². The molecular formula is C14H12NO3-. The number of hydrogen-bond acceptors (Lipinski definition) is 3. The quantitative estimate of drug-likeness (QED) is 0.588. The Labute approximate surface area is 104 Å². The maximum atomic E-state index is 11.5. The van der Waals surface area contributed by atoms with E-state index >= 15 is 0 Å². The van der Waals surface area contributed by atoms with E-state index < -0.39 is 11.8 Å². The molecule has 0 radical (unpaired) electrons. The molecule has 4 nitrogen and oxygen atoms in total. The lowest BCUT2D eigenvalue weighted by molar-refractivity contribution is -0.296. The lowest BCUT2D eigenvalue weighted by Crippen LogP contribution is -2.33. The standard InChI is InChI=1S/C14H13NO3/c1-10-7-8-12(13(16)14(17)18)15(10)9-11-5-3-2-4-6-11/h2-8H,9H2,1H3,(H,17,18)/p-1. The summed E-state index contributed by atoms with van der Waals surface area (Å²) < 4.78 is 1.67. The number of benzene rings is 1. The SMILES string of the molecule is Cc1ccc(C(=O)C(=O)[O-])n1Cc1ccccc1. The minimum Gasteiger partial charge on any atom is -0.541 e. The number of ketones is 1. The Balaban J connectivity index is 2.36. The molecule has 0 unspecified atom stereocenters. The Morgan fingerprint density at radius 2 is 1.78 bits per heavy atom. The fourth-order valence-electron chi connectivity index (χ4n) is 1.85. The summed E-state index contributed by atoms with van der Waals surface area (Å²) in [7, 11) is 0. The van der Waals surface area contributed by atoms with Crippen molar-refractivity contribution in [1.29, 1.82) is 0 Å². The van der Waals surface area contributed by atoms with Gasteiger partial charge in [-0.2, -0.15) is 0 Å². The van der Waals surface area contributed by atoms with Crippen LogP contribution in [0.15, 0.2) is 42.5 Å². The van der Waals surface area contributed by atoms with Gasteiger partial charge in [-0.05, 0) is 24.6 Å². The first-order valence-electron chi connectivity index (χ1n) is 5.55. The lowest BCUT2D eigenvalue weighted by Gasteiger charge is -2.11. The van der Waals surface area contributed by atoms with Gasteiger partial charge < -0.3 is 14.5 Å². The normalized spacial score (nSPS) is 10.3. The molecule has 0 spiro atoms. The Bertz CT molecular complexity index is 584. The Morgan fingerprint density at radius 1 is 1.11 bits per heavy atom. The number of rotatable bonds is 4. The highest BCUT2D eigenvalue weighted by molar-refractivity contribution is 6.38. The van der Waals surface area contributed by atoms with Gasteiger partial charge in [-0.3, -0.25) is 4.79 Å². The van der Waals surface area contributed by atoms with Gasteiger partial charge in [0.15, 0.2) is 0 Å². The van der Waals surface area contributed by atoms with Crippen LogP contribution in [-0.2, 0) is 11.3 Å². The van der Waals surface area contributed by atoms with Crippen molar-refractivity contribution in [1.82, 2.24) is 4.57 Å². The largest absolute Gasteiger partial charge is 0.541 e. The maximum absolute atomic E-state index is 11.5. The van der Waals surface area contributed by atoms with Crippen molar-refractivity contribution < 1.29 is 14.7 Å². The molecule has 2 rings (SSSR count). The molecule has 1 aromatic heterocycles. The minimum atomic E-state index is -1.68. The van der Waals surface area contributed by atoms with Crippen LogP contribution >= 0.6 is 0 Å². The molecule has 0 bridgehead atoms. The molecule has 2 aromatic rings. The number of aromatic nitrogens is 1. The van der Waals surface area contributed by atoms with Crippen molar-refractivity contribution in [2.24, 2.45) is 0 Å². The van der Waals surface area contributed by atoms with Gasteiger partial charge in [0, 0.05) is 12.2 Å². The Kier molecular flexibility index (Phi) is 3.28. The fraction of sp³-hybridized carbons (Fsp3) is 0.143. The number of carbonyl (C=O) groups is 2. The number of nitrogens with zero attached hydrogens (tertiary/aromatic N) is 1. The van der Waals surface area contributed by atoms with Gasteiger partial charge in [0.2, 0.25) is 5.78 Å². The van der Waals surface area contributed by atoms with Gasteiger partial charge in [-0.25, -0.2) is 0 Å². The minimum absolute atomic E-state index is 0.149. The molecule has 1 heterocycles. The van der Waals surface area contributed by atoms with Crippen molar-refractivity contribution in [3.05, 3.63) is 59.4 Å². The summed E-state index contributed by atoms with van der Waals surface area (Å²) in [6.07, 6.45) is 0. The molecule has 0 fully saturated rings. The average Bonchev–Trinajstić information content (AvgIpc) is 2.71. The second kappa shape index (κ2) is 4.87. The monoisotopic (exact) mass is 242 g/mol. The van der Waals surface area contributed by atoms with E-state index in [-0.39, 0.29) is 5.69 Å². The number of carboxylic acids is 1. The summed E-state index contributed by atoms with van der Waals surface area (Å²) in [5, 5.41) is 10.6. The molecule has 18 heavy (non-hydrogen) atoms. The van der Waals surface area contributed by atoms with Gasteiger partial charge in [0.05, 0.1) is 5.69 Å². The van der Waals surface area contributed by atoms with Gasteiger partial charge in [-0.1, -0.05) is 30.3 Å². The summed E-state index contributed by atoms with van der Waals surface area (Å²) in [5.41, 5.74) is 1.99. The number of aliphatic carboxylic acids is 1. The van der Waals surface area contributed by atoms with E-state index in [2.05, 4.69) is 0 Å². The van der Waals surface area contributed by atoms with Crippen molar-refractivity contribution in [2.75, 3.05) is 0 Å². The smallest absolute Gasteiger partial charge is 0.224 e. The Hall–Kier alpha value is -2.36. The number of carboxylic acid groups (broad SMARTS) is 1.